The van der Waals surface area contributed by atoms with E-state index in [-0.39, 0.29) is 12.0 Å². The molecular weight excluding hydrogens is 422 g/mol. The van der Waals surface area contributed by atoms with Crippen LogP contribution in [0.5, 0.6) is 0 Å². The highest BCUT2D eigenvalue weighted by molar-refractivity contribution is 5.97. The van der Waals surface area contributed by atoms with E-state index in [4.69, 9.17) is 15.0 Å². The van der Waals surface area contributed by atoms with Crippen LogP contribution in [0, 0.1) is 5.92 Å². The second kappa shape index (κ2) is 10.2. The topological polar surface area (TPSA) is 114 Å². The summed E-state index contributed by atoms with van der Waals surface area (Å²) in [5.41, 5.74) is 8.42. The van der Waals surface area contributed by atoms with Crippen LogP contribution in [-0.4, -0.2) is 59.9 Å². The number of amides is 2. The summed E-state index contributed by atoms with van der Waals surface area (Å²) in [7, 11) is 0. The number of anilines is 2. The van der Waals surface area contributed by atoms with Crippen molar-refractivity contribution in [2.24, 2.45) is 11.7 Å². The zero-order valence-electron chi connectivity index (χ0n) is 20.1. The number of carbonyl (C=O) groups is 2. The third kappa shape index (κ3) is 6.71. The van der Waals surface area contributed by atoms with Gasteiger partial charge < -0.3 is 30.1 Å². The molecule has 1 aromatic carbocycles. The number of rotatable bonds is 6. The van der Waals surface area contributed by atoms with E-state index in [1.807, 2.05) is 58.9 Å². The molecule has 0 radical (unpaired) electrons. The van der Waals surface area contributed by atoms with Crippen LogP contribution in [0.1, 0.15) is 41.0 Å². The molecule has 1 fully saturated rings. The van der Waals surface area contributed by atoms with Crippen molar-refractivity contribution >= 4 is 23.4 Å². The number of nitrogens with zero attached hydrogens (tertiary/aromatic N) is 3. The predicted molar refractivity (Wildman–Crippen MR) is 128 cm³/mol. The van der Waals surface area contributed by atoms with E-state index in [0.29, 0.717) is 36.8 Å². The molecule has 1 atom stereocenters. The number of piperazine rings is 1. The van der Waals surface area contributed by atoms with Crippen LogP contribution in [-0.2, 0) is 9.53 Å². The quantitative estimate of drug-likeness (QED) is 0.680. The number of hydrogen-bond donors (Lipinski definition) is 2. The molecule has 1 aliphatic heterocycles. The summed E-state index contributed by atoms with van der Waals surface area (Å²) in [6.07, 6.45) is 1.74. The molecule has 3 rings (SSSR count). The normalized spacial score (nSPS) is 15.5. The van der Waals surface area contributed by atoms with E-state index in [1.165, 1.54) is 6.26 Å². The number of nitrogens with two attached hydrogens (primary N) is 1. The summed E-state index contributed by atoms with van der Waals surface area (Å²) in [4.78, 5) is 28.6. The van der Waals surface area contributed by atoms with Crippen molar-refractivity contribution in [3.8, 4) is 11.3 Å². The van der Waals surface area contributed by atoms with E-state index in [1.54, 1.807) is 4.90 Å². The Labute approximate surface area is 195 Å². The van der Waals surface area contributed by atoms with Crippen LogP contribution in [0.2, 0.25) is 0 Å². The number of nitrogens with one attached hydrogen (secondary N) is 1. The maximum Gasteiger partial charge on any atom is 0.410 e. The Bertz CT molecular complexity index is 941. The summed E-state index contributed by atoms with van der Waals surface area (Å²) in [5, 5.41) is 6.88. The van der Waals surface area contributed by atoms with Crippen molar-refractivity contribution in [1.82, 2.24) is 10.1 Å². The Kier molecular flexibility index (Phi) is 7.63. The molecule has 3 N–H and O–H groups in total. The lowest BCUT2D eigenvalue weighted by Gasteiger charge is -2.36. The number of aromatic nitrogens is 1. The van der Waals surface area contributed by atoms with Crippen molar-refractivity contribution in [2.45, 2.75) is 52.7 Å². The third-order valence-corrected chi connectivity index (χ3v) is 5.33. The summed E-state index contributed by atoms with van der Waals surface area (Å²) in [6.45, 7) is 12.3. The first kappa shape index (κ1) is 24.6. The Morgan fingerprint density at radius 2 is 1.79 bits per heavy atom. The fourth-order valence-corrected chi connectivity index (χ4v) is 3.68. The Morgan fingerprint density at radius 3 is 2.36 bits per heavy atom. The highest BCUT2D eigenvalue weighted by Crippen LogP contribution is 2.29. The molecule has 33 heavy (non-hydrogen) atoms. The number of carbonyl (C=O) groups excluding carboxylic acids is 2. The highest BCUT2D eigenvalue weighted by Gasteiger charge is 2.26. The van der Waals surface area contributed by atoms with Gasteiger partial charge >= 0.3 is 6.09 Å². The molecule has 2 amide bonds. The zero-order chi connectivity index (χ0) is 24.2. The van der Waals surface area contributed by atoms with Gasteiger partial charge in [-0.1, -0.05) is 31.1 Å². The van der Waals surface area contributed by atoms with E-state index in [2.05, 4.69) is 15.4 Å². The first-order chi connectivity index (χ1) is 15.5. The van der Waals surface area contributed by atoms with Gasteiger partial charge in [0.05, 0.1) is 6.04 Å². The maximum absolute atomic E-state index is 12.4. The minimum absolute atomic E-state index is 0.257. The molecular formula is C24H35N5O4. The molecule has 0 bridgehead atoms. The van der Waals surface area contributed by atoms with E-state index >= 15 is 0 Å². The van der Waals surface area contributed by atoms with E-state index in [0.717, 1.165) is 24.3 Å². The Morgan fingerprint density at radius 1 is 1.15 bits per heavy atom. The molecule has 2 heterocycles. The van der Waals surface area contributed by atoms with Gasteiger partial charge in [-0.15, -0.1) is 0 Å². The van der Waals surface area contributed by atoms with Crippen molar-refractivity contribution < 1.29 is 18.8 Å². The Hall–Kier alpha value is -3.07. The van der Waals surface area contributed by atoms with Gasteiger partial charge in [-0.25, -0.2) is 4.79 Å². The lowest BCUT2D eigenvalue weighted by molar-refractivity contribution is -0.117. The molecule has 0 unspecified atom stereocenters. The maximum atomic E-state index is 12.4. The van der Waals surface area contributed by atoms with Crippen LogP contribution in [0.3, 0.4) is 0 Å². The van der Waals surface area contributed by atoms with Crippen LogP contribution < -0.4 is 16.0 Å². The van der Waals surface area contributed by atoms with Gasteiger partial charge in [-0.05, 0) is 45.2 Å². The summed E-state index contributed by atoms with van der Waals surface area (Å²) < 4.78 is 10.6. The van der Waals surface area contributed by atoms with Crippen molar-refractivity contribution in [1.29, 1.82) is 0 Å². The monoisotopic (exact) mass is 457 g/mol. The molecule has 0 spiro atoms. The molecule has 9 nitrogen and oxygen atoms in total. The minimum Gasteiger partial charge on any atom is -0.444 e. The van der Waals surface area contributed by atoms with Gasteiger partial charge in [0.1, 0.15) is 23.2 Å². The van der Waals surface area contributed by atoms with Gasteiger partial charge in [0.2, 0.25) is 5.91 Å². The molecule has 2 aromatic rings. The van der Waals surface area contributed by atoms with Crippen LogP contribution >= 0.6 is 0 Å². The fourth-order valence-electron chi connectivity index (χ4n) is 3.68. The highest BCUT2D eigenvalue weighted by atomic mass is 16.6. The molecule has 0 aliphatic carbocycles. The lowest BCUT2D eigenvalue weighted by atomic mass is 10.0. The summed E-state index contributed by atoms with van der Waals surface area (Å²) >= 11 is 0. The van der Waals surface area contributed by atoms with E-state index < -0.39 is 11.6 Å². The molecule has 1 aliphatic rings. The Balaban J connectivity index is 1.60. The molecule has 1 aromatic heterocycles. The number of hydrogen-bond acceptors (Lipinski definition) is 7. The van der Waals surface area contributed by atoms with Gasteiger partial charge in [0.15, 0.2) is 0 Å². The first-order valence-corrected chi connectivity index (χ1v) is 11.4. The average Bonchev–Trinajstić information content (AvgIpc) is 3.20. The van der Waals surface area contributed by atoms with Gasteiger partial charge in [0, 0.05) is 37.4 Å². The molecule has 0 saturated carbocycles. The van der Waals surface area contributed by atoms with Gasteiger partial charge in [0.25, 0.3) is 0 Å². The standard InChI is InChI=1S/C24H35N5O4/c1-16(2)14-19(25)22(30)26-20-15-32-27-21(20)17-6-8-18(9-7-17)28-10-12-29(13-11-28)23(31)33-24(3,4)5/h6-9,15-16,19H,10-14,25H2,1-5H3,(H,26,30)/t19-/m0/s1. The lowest BCUT2D eigenvalue weighted by Crippen LogP contribution is -2.50. The fraction of sp³-hybridized carbons (Fsp3) is 0.542. The van der Waals surface area contributed by atoms with Crippen molar-refractivity contribution in [3.05, 3.63) is 30.5 Å². The second-order valence-corrected chi connectivity index (χ2v) is 9.80. The largest absolute Gasteiger partial charge is 0.444 e. The zero-order valence-corrected chi connectivity index (χ0v) is 20.1. The summed E-state index contributed by atoms with van der Waals surface area (Å²) in [6, 6.07) is 7.30. The SMILES string of the molecule is CC(C)C[C@H](N)C(=O)Nc1conc1-c1ccc(N2CCN(C(=O)OC(C)(C)C)CC2)cc1. The molecule has 180 valence electrons. The van der Waals surface area contributed by atoms with Crippen molar-refractivity contribution in [2.75, 3.05) is 36.4 Å². The van der Waals surface area contributed by atoms with Crippen LogP contribution in [0.4, 0.5) is 16.2 Å². The minimum atomic E-state index is -0.588. The van der Waals surface area contributed by atoms with Gasteiger partial charge in [-0.3, -0.25) is 4.79 Å². The first-order valence-electron chi connectivity index (χ1n) is 11.4. The van der Waals surface area contributed by atoms with Crippen LogP contribution in [0.15, 0.2) is 35.1 Å². The smallest absolute Gasteiger partial charge is 0.410 e. The third-order valence-electron chi connectivity index (χ3n) is 5.33. The summed E-state index contributed by atoms with van der Waals surface area (Å²) in [5.74, 6) is 0.0684. The van der Waals surface area contributed by atoms with E-state index in [9.17, 15) is 9.59 Å². The number of ether oxygens (including phenoxy) is 1. The van der Waals surface area contributed by atoms with Crippen molar-refractivity contribution in [3.63, 3.8) is 0 Å². The van der Waals surface area contributed by atoms with Crippen LogP contribution in [0.25, 0.3) is 11.3 Å². The second-order valence-electron chi connectivity index (χ2n) is 9.80. The molecule has 9 heteroatoms. The molecule has 1 saturated heterocycles. The number of benzene rings is 1. The van der Waals surface area contributed by atoms with Gasteiger partial charge in [-0.2, -0.15) is 0 Å². The predicted octanol–water partition coefficient (Wildman–Crippen LogP) is 3.71. The average molecular weight is 458 g/mol.